The molecule has 4 aliphatic carbocycles. The summed E-state index contributed by atoms with van der Waals surface area (Å²) in [4.78, 5) is 194. The zero-order chi connectivity index (χ0) is 75.5. The van der Waals surface area contributed by atoms with Gasteiger partial charge in [0.2, 0.25) is 70.9 Å². The van der Waals surface area contributed by atoms with Crippen LogP contribution in [0.1, 0.15) is 202 Å². The molecule has 4 heterocycles. The van der Waals surface area contributed by atoms with Crippen LogP contribution in [0, 0.1) is 35.5 Å². The minimum atomic E-state index is -4.51. The van der Waals surface area contributed by atoms with E-state index in [1.165, 1.54) is 86.3 Å². The summed E-state index contributed by atoms with van der Waals surface area (Å²) in [6.45, 7) is 11.0. The standard InChI is InChI=1S/C74H118ClF3N12O13/c1-12-46(5)61-70(100)82(7)47(6)65(95)90-35-31-55(90)67(97)84(9)57(42-48-22-15-14-16-23-48)68(98)87(13-2)44-59(91)79-53(30-28-49-27-29-51(52(75)41-49)74(76,77)78)66(96)89-34-21-26-54(89)64(94)81-73(32-19-20-33-73)72(102)86(11)62(50-24-17-18-25-50)71(101)85(10)58(69(99)88-36-38-103-39-37-88)43-60(92)83(8)56(40-45(3)4)63(93)80-61/h45-58,61-62H,12-44H2,1-11H3,(H,79,91)(H,80,93)(H,81,94)/t46-,47-,49?,51?,52?,53-,54-,55-,56-,57-,58-,61-,62-/m0/s1. The first kappa shape index (κ1) is 82.3. The van der Waals surface area contributed by atoms with Gasteiger partial charge in [-0.25, -0.2) is 0 Å². The number of alkyl halides is 4. The van der Waals surface area contributed by atoms with Crippen molar-refractivity contribution in [2.45, 2.75) is 274 Å². The van der Waals surface area contributed by atoms with E-state index in [1.807, 2.05) is 20.8 Å². The van der Waals surface area contributed by atoms with E-state index in [0.29, 0.717) is 38.5 Å². The van der Waals surface area contributed by atoms with Crippen molar-refractivity contribution in [1.82, 2.24) is 60.0 Å². The Morgan fingerprint density at radius 1 is 0.621 bits per heavy atom. The molecule has 13 atom stereocenters. The summed E-state index contributed by atoms with van der Waals surface area (Å²) in [5.74, 6) is -10.4. The molecule has 0 aromatic carbocycles. The number of likely N-dealkylation sites (N-methyl/N-ethyl adjacent to an activating group) is 6. The second kappa shape index (κ2) is 36.3. The average molecular weight is 1480 g/mol. The molecule has 0 aromatic rings. The Morgan fingerprint density at radius 2 is 1.26 bits per heavy atom. The number of hydrogen-bond acceptors (Lipinski definition) is 13. The largest absolute Gasteiger partial charge is 0.393 e. The summed E-state index contributed by atoms with van der Waals surface area (Å²) in [5.41, 5.74) is -1.56. The average Bonchev–Trinajstić information content (AvgIpc) is 1.36. The van der Waals surface area contributed by atoms with Gasteiger partial charge in [0, 0.05) is 73.3 Å². The number of rotatable bonds is 12. The topological polar surface area (TPSA) is 279 Å². The fourth-order valence-corrected chi connectivity index (χ4v) is 17.9. The van der Waals surface area contributed by atoms with Crippen LogP contribution in [0.4, 0.5) is 13.2 Å². The summed E-state index contributed by atoms with van der Waals surface area (Å²) in [5, 5.41) is 7.71. The van der Waals surface area contributed by atoms with Gasteiger partial charge in [-0.3, -0.25) is 57.5 Å². The van der Waals surface area contributed by atoms with Gasteiger partial charge in [-0.1, -0.05) is 91.9 Å². The van der Waals surface area contributed by atoms with Gasteiger partial charge in [-0.05, 0) is 133 Å². The molecule has 103 heavy (non-hydrogen) atoms. The molecule has 25 nitrogen and oxygen atoms in total. The van der Waals surface area contributed by atoms with Crippen molar-refractivity contribution in [3.63, 3.8) is 0 Å². The number of amides is 12. The molecule has 8 aliphatic rings. The van der Waals surface area contributed by atoms with Crippen molar-refractivity contribution in [3.05, 3.63) is 0 Å². The molecule has 12 amide bonds. The lowest BCUT2D eigenvalue weighted by Crippen LogP contribution is -2.65. The van der Waals surface area contributed by atoms with Gasteiger partial charge in [0.15, 0.2) is 0 Å². The molecule has 29 heteroatoms. The molecule has 8 rings (SSSR count). The second-order valence-corrected chi connectivity index (χ2v) is 32.1. The summed E-state index contributed by atoms with van der Waals surface area (Å²) >= 11 is 6.44. The van der Waals surface area contributed by atoms with E-state index in [1.54, 1.807) is 13.8 Å². The summed E-state index contributed by atoms with van der Waals surface area (Å²) in [6.07, 6.45) is 4.93. The lowest BCUT2D eigenvalue weighted by Gasteiger charge is -2.45. The maximum atomic E-state index is 15.8. The molecule has 0 aromatic heterocycles. The molecule has 4 saturated heterocycles. The van der Waals surface area contributed by atoms with E-state index >= 15 is 38.4 Å². The summed E-state index contributed by atoms with van der Waals surface area (Å²) in [7, 11) is 7.35. The van der Waals surface area contributed by atoms with E-state index in [-0.39, 0.29) is 134 Å². The zero-order valence-electron chi connectivity index (χ0n) is 62.9. The monoisotopic (exact) mass is 1470 g/mol. The number of halogens is 4. The Morgan fingerprint density at radius 3 is 1.85 bits per heavy atom. The van der Waals surface area contributed by atoms with Crippen LogP contribution in [0.25, 0.3) is 0 Å². The molecular weight excluding hydrogens is 1360 g/mol. The number of hydrogen-bond donors (Lipinski definition) is 3. The molecule has 0 bridgehead atoms. The molecule has 8 fully saturated rings. The van der Waals surface area contributed by atoms with Gasteiger partial charge in [-0.15, -0.1) is 11.6 Å². The number of morpholine rings is 1. The Balaban J connectivity index is 1.18. The van der Waals surface area contributed by atoms with E-state index in [9.17, 15) is 32.3 Å². The fourth-order valence-electron chi connectivity index (χ4n) is 17.4. The van der Waals surface area contributed by atoms with Crippen LogP contribution in [-0.2, 0) is 62.3 Å². The first-order valence-electron chi connectivity index (χ1n) is 38.5. The highest BCUT2D eigenvalue weighted by Crippen LogP contribution is 2.44. The Kier molecular flexibility index (Phi) is 29.0. The molecular formula is C74H118ClF3N12O13. The van der Waals surface area contributed by atoms with Gasteiger partial charge in [-0.2, -0.15) is 13.2 Å². The number of carbonyl (C=O) groups is 12. The van der Waals surface area contributed by atoms with Crippen LogP contribution in [0.15, 0.2) is 0 Å². The van der Waals surface area contributed by atoms with Crippen LogP contribution in [0.5, 0.6) is 0 Å². The Labute approximate surface area is 612 Å². The second-order valence-electron chi connectivity index (χ2n) is 31.6. The van der Waals surface area contributed by atoms with Crippen molar-refractivity contribution in [1.29, 1.82) is 0 Å². The maximum absolute atomic E-state index is 15.8. The van der Waals surface area contributed by atoms with E-state index < -0.39 is 173 Å². The highest BCUT2D eigenvalue weighted by molar-refractivity contribution is 6.21. The highest BCUT2D eigenvalue weighted by atomic mass is 35.5. The van der Waals surface area contributed by atoms with E-state index in [4.69, 9.17) is 16.3 Å². The Hall–Kier alpha value is -6.32. The van der Waals surface area contributed by atoms with Gasteiger partial charge in [0.25, 0.3) is 0 Å². The highest BCUT2D eigenvalue weighted by Gasteiger charge is 2.53. The smallest absolute Gasteiger partial charge is 0.378 e. The Bertz CT molecular complexity index is 3030. The summed E-state index contributed by atoms with van der Waals surface area (Å²) < 4.78 is 47.8. The van der Waals surface area contributed by atoms with Crippen molar-refractivity contribution in [2.75, 3.05) is 87.7 Å². The first-order valence-corrected chi connectivity index (χ1v) is 38.9. The van der Waals surface area contributed by atoms with Crippen LogP contribution >= 0.6 is 11.6 Å². The van der Waals surface area contributed by atoms with Gasteiger partial charge in [0.1, 0.15) is 59.9 Å². The number of carbonyl (C=O) groups excluding carboxylic acids is 12. The van der Waals surface area contributed by atoms with Gasteiger partial charge >= 0.3 is 6.18 Å². The van der Waals surface area contributed by atoms with Crippen LogP contribution < -0.4 is 16.0 Å². The minimum Gasteiger partial charge on any atom is -0.378 e. The molecule has 580 valence electrons. The van der Waals surface area contributed by atoms with Crippen molar-refractivity contribution in [3.8, 4) is 0 Å². The van der Waals surface area contributed by atoms with Crippen LogP contribution in [0.3, 0.4) is 0 Å². The third-order valence-electron chi connectivity index (χ3n) is 24.4. The lowest BCUT2D eigenvalue weighted by atomic mass is 9.78. The zero-order valence-corrected chi connectivity index (χ0v) is 63.7. The van der Waals surface area contributed by atoms with Crippen LogP contribution in [0.2, 0.25) is 0 Å². The molecule has 4 aliphatic heterocycles. The normalized spacial score (nSPS) is 31.3. The number of fused-ring (bicyclic) bond motifs is 2. The molecule has 3 unspecified atom stereocenters. The van der Waals surface area contributed by atoms with Crippen molar-refractivity contribution >= 4 is 82.5 Å². The first-order chi connectivity index (χ1) is 48.7. The molecule has 3 N–H and O–H groups in total. The van der Waals surface area contributed by atoms with Crippen molar-refractivity contribution < 1.29 is 75.4 Å². The summed E-state index contributed by atoms with van der Waals surface area (Å²) in [6, 6.07) is -10.8. The number of nitrogens with zero attached hydrogens (tertiary/aromatic N) is 9. The quantitative estimate of drug-likeness (QED) is 0.193. The molecule has 1 spiro atoms. The lowest BCUT2D eigenvalue weighted by molar-refractivity contribution is -0.182. The minimum absolute atomic E-state index is 0.00169. The predicted octanol–water partition coefficient (Wildman–Crippen LogP) is 5.86. The van der Waals surface area contributed by atoms with E-state index in [2.05, 4.69) is 16.0 Å². The SMILES string of the molecule is CC[C@H](C)[C@@H]1NC(=O)[C@H](CC(C)C)N(C)C(=O)C[C@@H](C(=O)N2CCOCC2)N(C)C(=O)[C@H](C2CCCC2)N(C)C(=O)C2(CCCC2)NC(=O)[C@@H]2CCCN2C(=O)[C@H](CCC2CCC(C(F)(F)F)C(Cl)C2)NC(=O)CN(CC)C(=O)[C@H](CC2CCCCC2)N(C)C(=O)[C@@H]2CCN2C(=O)[C@H](C)N(C)C1=O. The number of ether oxygens (including phenoxy) is 1. The van der Waals surface area contributed by atoms with Crippen molar-refractivity contribution in [2.24, 2.45) is 35.5 Å². The molecule has 0 radical (unpaired) electrons. The maximum Gasteiger partial charge on any atom is 0.393 e. The third kappa shape index (κ3) is 19.5. The number of nitrogens with one attached hydrogen (secondary N) is 3. The van der Waals surface area contributed by atoms with E-state index in [0.717, 1.165) is 44.9 Å². The van der Waals surface area contributed by atoms with Gasteiger partial charge < -0.3 is 64.8 Å². The van der Waals surface area contributed by atoms with Crippen LogP contribution in [-0.4, -0.2) is 274 Å². The van der Waals surface area contributed by atoms with Gasteiger partial charge in [0.05, 0.1) is 32.1 Å². The molecule has 4 saturated carbocycles. The predicted molar refractivity (Wildman–Crippen MR) is 379 cm³/mol. The third-order valence-corrected chi connectivity index (χ3v) is 24.9. The fraction of sp³-hybridized carbons (Fsp3) is 0.838.